The SMILES string of the molecule is CNC(=O)CN1CCC(=C2CC2)CC1. The molecule has 3 nitrogen and oxygen atoms in total. The summed E-state index contributed by atoms with van der Waals surface area (Å²) in [5.74, 6) is 0.132. The number of nitrogens with zero attached hydrogens (tertiary/aromatic N) is 1. The molecule has 0 spiro atoms. The number of piperidine rings is 1. The highest BCUT2D eigenvalue weighted by atomic mass is 16.1. The number of likely N-dealkylation sites (N-methyl/N-ethyl adjacent to an activating group) is 1. The van der Waals surface area contributed by atoms with Crippen LogP contribution in [0.1, 0.15) is 25.7 Å². The molecule has 1 amide bonds. The van der Waals surface area contributed by atoms with Crippen molar-refractivity contribution in [2.75, 3.05) is 26.7 Å². The Morgan fingerprint density at radius 1 is 1.21 bits per heavy atom. The maximum atomic E-state index is 11.1. The van der Waals surface area contributed by atoms with Gasteiger partial charge < -0.3 is 5.32 Å². The Labute approximate surface area is 85.2 Å². The number of hydrogen-bond acceptors (Lipinski definition) is 2. The van der Waals surface area contributed by atoms with E-state index in [1.165, 1.54) is 25.7 Å². The molecule has 1 aliphatic heterocycles. The molecule has 2 rings (SSSR count). The van der Waals surface area contributed by atoms with Crippen LogP contribution in [-0.2, 0) is 4.79 Å². The molecular formula is C11H18N2O. The summed E-state index contributed by atoms with van der Waals surface area (Å²) in [6.45, 7) is 2.69. The summed E-state index contributed by atoms with van der Waals surface area (Å²) in [6, 6.07) is 0. The predicted octanol–water partition coefficient (Wildman–Crippen LogP) is 0.919. The van der Waals surface area contributed by atoms with Crippen molar-refractivity contribution in [3.63, 3.8) is 0 Å². The summed E-state index contributed by atoms with van der Waals surface area (Å²) in [7, 11) is 1.70. The van der Waals surface area contributed by atoms with Crippen LogP contribution >= 0.6 is 0 Å². The van der Waals surface area contributed by atoms with Gasteiger partial charge in [-0.3, -0.25) is 9.69 Å². The first-order chi connectivity index (χ1) is 6.79. The quantitative estimate of drug-likeness (QED) is 0.663. The van der Waals surface area contributed by atoms with Gasteiger partial charge in [-0.05, 0) is 25.7 Å². The minimum absolute atomic E-state index is 0.132. The molecule has 1 heterocycles. The number of carbonyl (C=O) groups excluding carboxylic acids is 1. The third-order valence-electron chi connectivity index (χ3n) is 3.11. The molecule has 2 fully saturated rings. The van der Waals surface area contributed by atoms with Gasteiger partial charge in [0.15, 0.2) is 0 Å². The minimum atomic E-state index is 0.132. The van der Waals surface area contributed by atoms with Gasteiger partial charge in [0, 0.05) is 20.1 Å². The Balaban J connectivity index is 1.78. The van der Waals surface area contributed by atoms with Crippen LogP contribution < -0.4 is 5.32 Å². The molecule has 0 atom stereocenters. The highest BCUT2D eigenvalue weighted by molar-refractivity contribution is 5.77. The number of rotatable bonds is 2. The second-order valence-electron chi connectivity index (χ2n) is 4.16. The van der Waals surface area contributed by atoms with Crippen LogP contribution in [0.2, 0.25) is 0 Å². The molecule has 1 saturated heterocycles. The first-order valence-electron chi connectivity index (χ1n) is 5.42. The van der Waals surface area contributed by atoms with E-state index in [1.54, 1.807) is 18.2 Å². The molecule has 0 radical (unpaired) electrons. The zero-order chi connectivity index (χ0) is 9.97. The minimum Gasteiger partial charge on any atom is -0.358 e. The van der Waals surface area contributed by atoms with Crippen molar-refractivity contribution >= 4 is 5.91 Å². The van der Waals surface area contributed by atoms with Crippen molar-refractivity contribution in [1.29, 1.82) is 0 Å². The molecule has 2 aliphatic rings. The number of carbonyl (C=O) groups is 1. The van der Waals surface area contributed by atoms with Gasteiger partial charge in [-0.25, -0.2) is 0 Å². The summed E-state index contributed by atoms with van der Waals surface area (Å²) in [5.41, 5.74) is 3.38. The fourth-order valence-corrected chi connectivity index (χ4v) is 2.03. The van der Waals surface area contributed by atoms with Gasteiger partial charge in [0.25, 0.3) is 0 Å². The largest absolute Gasteiger partial charge is 0.358 e. The lowest BCUT2D eigenvalue weighted by Gasteiger charge is -2.27. The van der Waals surface area contributed by atoms with Crippen LogP contribution in [0, 0.1) is 0 Å². The molecule has 0 bridgehead atoms. The van der Waals surface area contributed by atoms with Gasteiger partial charge in [-0.1, -0.05) is 11.1 Å². The van der Waals surface area contributed by atoms with Gasteiger partial charge >= 0.3 is 0 Å². The molecule has 3 heteroatoms. The molecule has 1 N–H and O–H groups in total. The second-order valence-corrected chi connectivity index (χ2v) is 4.16. The van der Waals surface area contributed by atoms with E-state index in [0.29, 0.717) is 6.54 Å². The van der Waals surface area contributed by atoms with Crippen molar-refractivity contribution in [3.05, 3.63) is 11.1 Å². The number of hydrogen-bond donors (Lipinski definition) is 1. The molecule has 1 saturated carbocycles. The van der Waals surface area contributed by atoms with Crippen LogP contribution in [0.4, 0.5) is 0 Å². The highest BCUT2D eigenvalue weighted by Crippen LogP contribution is 2.35. The smallest absolute Gasteiger partial charge is 0.233 e. The summed E-state index contributed by atoms with van der Waals surface area (Å²) in [4.78, 5) is 13.4. The van der Waals surface area contributed by atoms with Crippen LogP contribution in [0.3, 0.4) is 0 Å². The Morgan fingerprint density at radius 3 is 2.29 bits per heavy atom. The van der Waals surface area contributed by atoms with Gasteiger partial charge in [-0.2, -0.15) is 0 Å². The van der Waals surface area contributed by atoms with Crippen molar-refractivity contribution in [3.8, 4) is 0 Å². The van der Waals surface area contributed by atoms with Crippen molar-refractivity contribution in [2.24, 2.45) is 0 Å². The van der Waals surface area contributed by atoms with E-state index in [2.05, 4.69) is 10.2 Å². The first kappa shape index (κ1) is 9.71. The van der Waals surface area contributed by atoms with E-state index in [4.69, 9.17) is 0 Å². The van der Waals surface area contributed by atoms with E-state index in [-0.39, 0.29) is 5.91 Å². The van der Waals surface area contributed by atoms with E-state index in [1.807, 2.05) is 0 Å². The fourth-order valence-electron chi connectivity index (χ4n) is 2.03. The lowest BCUT2D eigenvalue weighted by Crippen LogP contribution is -2.39. The van der Waals surface area contributed by atoms with Gasteiger partial charge in [0.05, 0.1) is 6.54 Å². The molecule has 1 aliphatic carbocycles. The number of likely N-dealkylation sites (tertiary alicyclic amines) is 1. The average molecular weight is 194 g/mol. The Bertz CT molecular complexity index is 254. The summed E-state index contributed by atoms with van der Waals surface area (Å²) >= 11 is 0. The maximum Gasteiger partial charge on any atom is 0.233 e. The van der Waals surface area contributed by atoms with Crippen LogP contribution in [0.15, 0.2) is 11.1 Å². The molecular weight excluding hydrogens is 176 g/mol. The standard InChI is InChI=1S/C11H18N2O/c1-12-11(14)8-13-6-4-10(5-7-13)9-2-3-9/h2-8H2,1H3,(H,12,14). The zero-order valence-corrected chi connectivity index (χ0v) is 8.81. The van der Waals surface area contributed by atoms with E-state index < -0.39 is 0 Å². The van der Waals surface area contributed by atoms with E-state index in [0.717, 1.165) is 13.1 Å². The lowest BCUT2D eigenvalue weighted by atomic mass is 10.0. The highest BCUT2D eigenvalue weighted by Gasteiger charge is 2.22. The number of allylic oxidation sites excluding steroid dienone is 1. The predicted molar refractivity (Wildman–Crippen MR) is 56.0 cm³/mol. The Hall–Kier alpha value is -0.830. The molecule has 0 aromatic heterocycles. The van der Waals surface area contributed by atoms with Gasteiger partial charge in [0.1, 0.15) is 0 Å². The monoisotopic (exact) mass is 194 g/mol. The summed E-state index contributed by atoms with van der Waals surface area (Å²) < 4.78 is 0. The van der Waals surface area contributed by atoms with Crippen LogP contribution in [-0.4, -0.2) is 37.5 Å². The zero-order valence-electron chi connectivity index (χ0n) is 8.81. The third kappa shape index (κ3) is 2.35. The fraction of sp³-hybridized carbons (Fsp3) is 0.727. The first-order valence-corrected chi connectivity index (χ1v) is 5.42. The normalized spacial score (nSPS) is 22.4. The van der Waals surface area contributed by atoms with E-state index in [9.17, 15) is 4.79 Å². The van der Waals surface area contributed by atoms with E-state index >= 15 is 0 Å². The van der Waals surface area contributed by atoms with Crippen molar-refractivity contribution < 1.29 is 4.79 Å². The molecule has 0 unspecified atom stereocenters. The maximum absolute atomic E-state index is 11.1. The van der Waals surface area contributed by atoms with Crippen molar-refractivity contribution in [1.82, 2.24) is 10.2 Å². The second kappa shape index (κ2) is 4.13. The summed E-state index contributed by atoms with van der Waals surface area (Å²) in [6.07, 6.45) is 5.05. The Kier molecular flexibility index (Phi) is 2.87. The molecule has 0 aromatic rings. The van der Waals surface area contributed by atoms with Crippen LogP contribution in [0.5, 0.6) is 0 Å². The van der Waals surface area contributed by atoms with Gasteiger partial charge in [0.2, 0.25) is 5.91 Å². The van der Waals surface area contributed by atoms with Crippen molar-refractivity contribution in [2.45, 2.75) is 25.7 Å². The van der Waals surface area contributed by atoms with Gasteiger partial charge in [-0.15, -0.1) is 0 Å². The Morgan fingerprint density at radius 2 is 1.79 bits per heavy atom. The average Bonchev–Trinajstić information content (AvgIpc) is 3.02. The third-order valence-corrected chi connectivity index (χ3v) is 3.11. The number of amides is 1. The molecule has 0 aromatic carbocycles. The summed E-state index contributed by atoms with van der Waals surface area (Å²) in [5, 5.41) is 2.67. The number of nitrogens with one attached hydrogen (secondary N) is 1. The molecule has 14 heavy (non-hydrogen) atoms. The topological polar surface area (TPSA) is 32.3 Å². The van der Waals surface area contributed by atoms with Crippen LogP contribution in [0.25, 0.3) is 0 Å². The molecule has 78 valence electrons. The lowest BCUT2D eigenvalue weighted by molar-refractivity contribution is -0.121.